The fourth-order valence-electron chi connectivity index (χ4n) is 6.04. The van der Waals surface area contributed by atoms with Gasteiger partial charge in [0.1, 0.15) is 5.75 Å². The van der Waals surface area contributed by atoms with Gasteiger partial charge in [-0.2, -0.15) is 0 Å². The Hall–Kier alpha value is -5.37. The van der Waals surface area contributed by atoms with Crippen LogP contribution < -0.4 is 14.2 Å². The summed E-state index contributed by atoms with van der Waals surface area (Å²) < 4.78 is 16.0. The van der Waals surface area contributed by atoms with Gasteiger partial charge in [-0.05, 0) is 99.8 Å². The van der Waals surface area contributed by atoms with Crippen LogP contribution in [-0.4, -0.2) is 36.6 Å². The summed E-state index contributed by atoms with van der Waals surface area (Å²) in [5, 5.41) is 16.3. The van der Waals surface area contributed by atoms with Crippen LogP contribution in [0.2, 0.25) is 0 Å². The Morgan fingerprint density at radius 1 is 0.822 bits per heavy atom. The molecule has 1 aliphatic carbocycles. The standard InChI is InChI=1S/C19H18N2O6.C18H16/c1-25-17-9-13-7-8-20(11-14(13)10-18(17)26-2)19(22)12-27-16-5-3-15(4-6-16)21(23)24;1-3-7-15-13(5-1)9-11-18-16-8-4-2-6-14(16)10-12-17(15)18/h3-10H,11-12H2,1-2H3;1,3,5,7,9-12H,2,4,6,8H2. The van der Waals surface area contributed by atoms with E-state index in [9.17, 15) is 14.9 Å². The molecule has 0 fully saturated rings. The molecule has 7 rings (SSSR count). The second kappa shape index (κ2) is 13.1. The molecule has 1 heterocycles. The molecule has 0 spiro atoms. The van der Waals surface area contributed by atoms with E-state index in [-0.39, 0.29) is 18.2 Å². The van der Waals surface area contributed by atoms with Gasteiger partial charge in [0.25, 0.3) is 11.6 Å². The third-order valence-corrected chi connectivity index (χ3v) is 8.41. The van der Waals surface area contributed by atoms with Crippen molar-refractivity contribution in [2.24, 2.45) is 0 Å². The first-order chi connectivity index (χ1) is 21.9. The lowest BCUT2D eigenvalue weighted by Crippen LogP contribution is -2.31. The first-order valence-corrected chi connectivity index (χ1v) is 15.0. The fourth-order valence-corrected chi connectivity index (χ4v) is 6.04. The van der Waals surface area contributed by atoms with Crippen LogP contribution in [0.4, 0.5) is 5.69 Å². The van der Waals surface area contributed by atoms with Crippen molar-refractivity contribution in [2.45, 2.75) is 32.2 Å². The molecule has 1 aliphatic heterocycles. The van der Waals surface area contributed by atoms with E-state index >= 15 is 0 Å². The van der Waals surface area contributed by atoms with Crippen LogP contribution in [-0.2, 0) is 24.2 Å². The number of nitrogens with zero attached hydrogens (tertiary/aromatic N) is 2. The highest BCUT2D eigenvalue weighted by molar-refractivity contribution is 6.08. The number of methoxy groups -OCH3 is 2. The maximum atomic E-state index is 12.4. The monoisotopic (exact) mass is 602 g/mol. The third-order valence-electron chi connectivity index (χ3n) is 8.41. The largest absolute Gasteiger partial charge is 0.493 e. The van der Waals surface area contributed by atoms with Crippen molar-refractivity contribution in [3.8, 4) is 17.2 Å². The van der Waals surface area contributed by atoms with Gasteiger partial charge in [0.15, 0.2) is 18.1 Å². The number of carbonyl (C=O) groups is 1. The quantitative estimate of drug-likeness (QED) is 0.112. The molecule has 0 N–H and O–H groups in total. The van der Waals surface area contributed by atoms with Crippen LogP contribution in [0, 0.1) is 10.1 Å². The number of fused-ring (bicyclic) bond motifs is 6. The van der Waals surface area contributed by atoms with Crippen molar-refractivity contribution in [2.75, 3.05) is 20.8 Å². The van der Waals surface area contributed by atoms with E-state index in [1.165, 1.54) is 71.5 Å². The number of nitro benzene ring substituents is 1. The van der Waals surface area contributed by atoms with Crippen LogP contribution in [0.5, 0.6) is 17.2 Å². The van der Waals surface area contributed by atoms with Gasteiger partial charge in [0, 0.05) is 18.3 Å². The second-order valence-corrected chi connectivity index (χ2v) is 11.1. The van der Waals surface area contributed by atoms with Gasteiger partial charge in [-0.25, -0.2) is 0 Å². The molecule has 5 aromatic rings. The Bertz CT molecular complexity index is 1920. The van der Waals surface area contributed by atoms with Crippen molar-refractivity contribution in [3.63, 3.8) is 0 Å². The minimum absolute atomic E-state index is 0.0337. The number of hydrogen-bond acceptors (Lipinski definition) is 6. The van der Waals surface area contributed by atoms with Gasteiger partial charge < -0.3 is 19.1 Å². The van der Waals surface area contributed by atoms with E-state index in [0.717, 1.165) is 11.1 Å². The van der Waals surface area contributed by atoms with E-state index < -0.39 is 4.92 Å². The summed E-state index contributed by atoms with van der Waals surface area (Å²) in [5.41, 5.74) is 5.02. The number of hydrogen-bond donors (Lipinski definition) is 0. The van der Waals surface area contributed by atoms with Crippen molar-refractivity contribution < 1.29 is 23.9 Å². The zero-order valence-corrected chi connectivity index (χ0v) is 25.3. The van der Waals surface area contributed by atoms with Gasteiger partial charge in [-0.3, -0.25) is 14.9 Å². The van der Waals surface area contributed by atoms with Gasteiger partial charge in [-0.15, -0.1) is 0 Å². The van der Waals surface area contributed by atoms with Crippen molar-refractivity contribution in [1.29, 1.82) is 0 Å². The molecule has 0 saturated carbocycles. The lowest BCUT2D eigenvalue weighted by molar-refractivity contribution is -0.384. The number of benzene rings is 5. The summed E-state index contributed by atoms with van der Waals surface area (Å²) in [6.45, 7) is 0.208. The lowest BCUT2D eigenvalue weighted by atomic mass is 9.86. The molecule has 5 aromatic carbocycles. The van der Waals surface area contributed by atoms with Crippen LogP contribution in [0.15, 0.2) is 91.1 Å². The van der Waals surface area contributed by atoms with Crippen LogP contribution in [0.25, 0.3) is 27.6 Å². The van der Waals surface area contributed by atoms with Gasteiger partial charge in [0.05, 0.1) is 25.7 Å². The molecule has 2 aliphatic rings. The second-order valence-electron chi connectivity index (χ2n) is 11.1. The first-order valence-electron chi connectivity index (χ1n) is 15.0. The molecule has 0 radical (unpaired) electrons. The molecule has 1 amide bonds. The van der Waals surface area contributed by atoms with Crippen LogP contribution in [0.1, 0.15) is 35.1 Å². The zero-order chi connectivity index (χ0) is 31.3. The molecule has 228 valence electrons. The Kier molecular flexibility index (Phi) is 8.64. The van der Waals surface area contributed by atoms with E-state index in [1.54, 1.807) is 36.4 Å². The van der Waals surface area contributed by atoms with Crippen molar-refractivity contribution >= 4 is 39.2 Å². The molecule has 0 bridgehead atoms. The maximum Gasteiger partial charge on any atom is 0.269 e. The van der Waals surface area contributed by atoms with Gasteiger partial charge in [0.2, 0.25) is 0 Å². The van der Waals surface area contributed by atoms with E-state index in [2.05, 4.69) is 48.5 Å². The molecule has 0 aromatic heterocycles. The predicted molar refractivity (Wildman–Crippen MR) is 176 cm³/mol. The molecule has 45 heavy (non-hydrogen) atoms. The van der Waals surface area contributed by atoms with E-state index in [0.29, 0.717) is 23.8 Å². The SMILES string of the molecule is COc1cc2c(cc1OC)CN(C(=O)COc1ccc([N+](=O)[O-])cc1)C=C2.c1ccc2c(c1)ccc1c3c(ccc12)CCCC3. The molecule has 0 saturated heterocycles. The minimum atomic E-state index is -0.492. The van der Waals surface area contributed by atoms with Crippen molar-refractivity contribution in [1.82, 2.24) is 4.90 Å². The summed E-state index contributed by atoms with van der Waals surface area (Å²) >= 11 is 0. The van der Waals surface area contributed by atoms with E-state index in [1.807, 2.05) is 18.2 Å². The summed E-state index contributed by atoms with van der Waals surface area (Å²) in [6, 6.07) is 27.3. The first kappa shape index (κ1) is 29.7. The molecular weight excluding hydrogens is 568 g/mol. The summed E-state index contributed by atoms with van der Waals surface area (Å²) in [5.74, 6) is 1.38. The average Bonchev–Trinajstić information content (AvgIpc) is 3.09. The third kappa shape index (κ3) is 6.31. The number of carbonyl (C=O) groups excluding carboxylic acids is 1. The number of amides is 1. The summed E-state index contributed by atoms with van der Waals surface area (Å²) in [7, 11) is 3.13. The Labute approximate surface area is 261 Å². The minimum Gasteiger partial charge on any atom is -0.493 e. The molecule has 0 unspecified atom stereocenters. The molecule has 8 heteroatoms. The Morgan fingerprint density at radius 3 is 2.33 bits per heavy atom. The zero-order valence-electron chi connectivity index (χ0n) is 25.3. The predicted octanol–water partition coefficient (Wildman–Crippen LogP) is 7.88. The highest BCUT2D eigenvalue weighted by atomic mass is 16.6. The molecule has 0 atom stereocenters. The highest BCUT2D eigenvalue weighted by Crippen LogP contribution is 2.34. The van der Waals surface area contributed by atoms with Crippen molar-refractivity contribution in [3.05, 3.63) is 123 Å². The highest BCUT2D eigenvalue weighted by Gasteiger charge is 2.20. The summed E-state index contributed by atoms with van der Waals surface area (Å²) in [4.78, 5) is 24.1. The average molecular weight is 603 g/mol. The van der Waals surface area contributed by atoms with Gasteiger partial charge >= 0.3 is 0 Å². The lowest BCUT2D eigenvalue weighted by Gasteiger charge is -2.24. The topological polar surface area (TPSA) is 91.1 Å². The molecule has 8 nitrogen and oxygen atoms in total. The summed E-state index contributed by atoms with van der Waals surface area (Å²) in [6.07, 6.45) is 8.73. The fraction of sp³-hybridized carbons (Fsp3) is 0.216. The Morgan fingerprint density at radius 2 is 1.56 bits per heavy atom. The maximum absolute atomic E-state index is 12.4. The molecular formula is C37H34N2O6. The van der Waals surface area contributed by atoms with Crippen LogP contribution >= 0.6 is 0 Å². The van der Waals surface area contributed by atoms with Gasteiger partial charge in [-0.1, -0.05) is 48.5 Å². The Balaban J connectivity index is 0.000000171. The smallest absolute Gasteiger partial charge is 0.269 e. The number of aryl methyl sites for hydroxylation is 2. The van der Waals surface area contributed by atoms with Crippen LogP contribution in [0.3, 0.4) is 0 Å². The van der Waals surface area contributed by atoms with E-state index in [4.69, 9.17) is 14.2 Å². The normalized spacial score (nSPS) is 13.3. The number of nitro groups is 1. The number of rotatable bonds is 6. The number of ether oxygens (including phenoxy) is 3. The number of non-ortho nitro benzene ring substituents is 1.